The van der Waals surface area contributed by atoms with E-state index < -0.39 is 11.9 Å². The van der Waals surface area contributed by atoms with Crippen molar-refractivity contribution in [3.63, 3.8) is 0 Å². The van der Waals surface area contributed by atoms with Crippen molar-refractivity contribution >= 4 is 23.1 Å². The third-order valence-electron chi connectivity index (χ3n) is 3.18. The number of para-hydroxylation sites is 2. The van der Waals surface area contributed by atoms with Gasteiger partial charge in [0.1, 0.15) is 0 Å². The second-order valence-corrected chi connectivity index (χ2v) is 4.26. The summed E-state index contributed by atoms with van der Waals surface area (Å²) in [6.45, 7) is 0. The summed E-state index contributed by atoms with van der Waals surface area (Å²) in [5, 5.41) is 12.5. The lowest BCUT2D eigenvalue weighted by Gasteiger charge is -2.32. The molecule has 4 nitrogen and oxygen atoms in total. The number of aliphatic imine (C=N–C) groups is 1. The molecule has 86 valence electrons. The van der Waals surface area contributed by atoms with Crippen LogP contribution in [0.5, 0.6) is 0 Å². The molecular weight excluding hydrogens is 216 g/mol. The van der Waals surface area contributed by atoms with Gasteiger partial charge in [-0.3, -0.25) is 4.79 Å². The quantitative estimate of drug-likeness (QED) is 0.774. The highest BCUT2D eigenvalue weighted by molar-refractivity contribution is 6.08. The van der Waals surface area contributed by atoms with Gasteiger partial charge in [0, 0.05) is 0 Å². The van der Waals surface area contributed by atoms with Crippen LogP contribution in [0.2, 0.25) is 0 Å². The van der Waals surface area contributed by atoms with Crippen molar-refractivity contribution in [3.05, 3.63) is 36.4 Å². The molecule has 2 N–H and O–H groups in total. The number of rotatable bonds is 1. The first kappa shape index (κ1) is 10.1. The number of allylic oxidation sites excluding steroid dienone is 1. The molecule has 0 amide bonds. The Hall–Kier alpha value is -2.10. The van der Waals surface area contributed by atoms with Crippen LogP contribution in [0.25, 0.3) is 0 Å². The van der Waals surface area contributed by atoms with E-state index >= 15 is 0 Å². The molecule has 2 aliphatic rings. The van der Waals surface area contributed by atoms with Gasteiger partial charge < -0.3 is 10.4 Å². The summed E-state index contributed by atoms with van der Waals surface area (Å²) in [4.78, 5) is 15.7. The van der Waals surface area contributed by atoms with Gasteiger partial charge in [-0.25, -0.2) is 4.99 Å². The average Bonchev–Trinajstić information content (AvgIpc) is 2.35. The van der Waals surface area contributed by atoms with Crippen LogP contribution in [0.3, 0.4) is 0 Å². The maximum Gasteiger partial charge on any atom is 0.309 e. The summed E-state index contributed by atoms with van der Waals surface area (Å²) in [6, 6.07) is 7.47. The zero-order valence-corrected chi connectivity index (χ0v) is 9.13. The number of nitrogens with zero attached hydrogens (tertiary/aromatic N) is 1. The molecule has 2 atom stereocenters. The van der Waals surface area contributed by atoms with E-state index in [2.05, 4.69) is 10.3 Å². The number of carboxylic acid groups (broad SMARTS) is 1. The maximum atomic E-state index is 11.2. The molecule has 0 radical (unpaired) electrons. The van der Waals surface area contributed by atoms with Crippen molar-refractivity contribution < 1.29 is 9.90 Å². The smallest absolute Gasteiger partial charge is 0.309 e. The molecule has 3 rings (SSSR count). The second-order valence-electron chi connectivity index (χ2n) is 4.26. The highest BCUT2D eigenvalue weighted by Gasteiger charge is 2.34. The minimum absolute atomic E-state index is 0.215. The normalized spacial score (nSPS) is 25.3. The molecule has 1 heterocycles. The standard InChI is InChI=1S/C13H12N2O2/c16-13(17)8-4-3-7-11-12(8)15-10-6-2-1-5-9(10)14-11/h1-3,5-8,12,15H,4H2,(H,16,17)/t8-,12+/m1/s1. The predicted octanol–water partition coefficient (Wildman–Crippen LogP) is 2.21. The highest BCUT2D eigenvalue weighted by Crippen LogP contribution is 2.33. The molecule has 17 heavy (non-hydrogen) atoms. The number of benzene rings is 1. The first-order valence-electron chi connectivity index (χ1n) is 5.59. The molecule has 0 bridgehead atoms. The van der Waals surface area contributed by atoms with Crippen LogP contribution in [-0.2, 0) is 4.79 Å². The van der Waals surface area contributed by atoms with Crippen LogP contribution in [0.15, 0.2) is 41.4 Å². The van der Waals surface area contributed by atoms with Gasteiger partial charge in [0.2, 0.25) is 0 Å². The van der Waals surface area contributed by atoms with Crippen LogP contribution in [0.1, 0.15) is 6.42 Å². The van der Waals surface area contributed by atoms with Gasteiger partial charge in [-0.05, 0) is 24.6 Å². The van der Waals surface area contributed by atoms with Crippen molar-refractivity contribution in [2.24, 2.45) is 10.9 Å². The van der Waals surface area contributed by atoms with Gasteiger partial charge in [0.05, 0.1) is 29.0 Å². The van der Waals surface area contributed by atoms with Crippen molar-refractivity contribution in [2.45, 2.75) is 12.5 Å². The Balaban J connectivity index is 2.05. The maximum absolute atomic E-state index is 11.2. The molecule has 1 aromatic rings. The zero-order chi connectivity index (χ0) is 11.8. The third kappa shape index (κ3) is 1.62. The number of fused-ring (bicyclic) bond motifs is 2. The SMILES string of the molecule is O=C(O)[C@@H]1CC=CC2=Nc3ccccc3N[C@H]21. The number of nitrogens with one attached hydrogen (secondary N) is 1. The van der Waals surface area contributed by atoms with Crippen molar-refractivity contribution in [3.8, 4) is 0 Å². The van der Waals surface area contributed by atoms with Crippen LogP contribution in [0.4, 0.5) is 11.4 Å². The minimum atomic E-state index is -0.779. The van der Waals surface area contributed by atoms with Crippen molar-refractivity contribution in [1.82, 2.24) is 0 Å². The number of hydrogen-bond acceptors (Lipinski definition) is 3. The lowest BCUT2D eigenvalue weighted by Crippen LogP contribution is -2.43. The van der Waals surface area contributed by atoms with E-state index in [0.717, 1.165) is 17.1 Å². The summed E-state index contributed by atoms with van der Waals surface area (Å²) >= 11 is 0. The van der Waals surface area contributed by atoms with Crippen LogP contribution in [-0.4, -0.2) is 22.8 Å². The zero-order valence-electron chi connectivity index (χ0n) is 9.13. The van der Waals surface area contributed by atoms with E-state index in [1.807, 2.05) is 36.4 Å². The number of hydrogen-bond donors (Lipinski definition) is 2. The molecule has 0 saturated heterocycles. The molecule has 1 aliphatic carbocycles. The molecule has 1 aliphatic heterocycles. The molecular formula is C13H12N2O2. The van der Waals surface area contributed by atoms with E-state index in [4.69, 9.17) is 0 Å². The molecule has 0 unspecified atom stereocenters. The molecule has 4 heteroatoms. The minimum Gasteiger partial charge on any atom is -0.481 e. The number of aliphatic carboxylic acids is 1. The summed E-state index contributed by atoms with van der Waals surface area (Å²) in [5.74, 6) is -1.22. The predicted molar refractivity (Wildman–Crippen MR) is 65.8 cm³/mol. The van der Waals surface area contributed by atoms with Gasteiger partial charge in [-0.2, -0.15) is 0 Å². The second kappa shape index (κ2) is 3.73. The Bertz CT molecular complexity index is 534. The van der Waals surface area contributed by atoms with E-state index in [9.17, 15) is 9.90 Å². The highest BCUT2D eigenvalue weighted by atomic mass is 16.4. The Morgan fingerprint density at radius 1 is 1.41 bits per heavy atom. The first-order chi connectivity index (χ1) is 8.25. The Kier molecular flexibility index (Phi) is 2.21. The number of anilines is 1. The first-order valence-corrected chi connectivity index (χ1v) is 5.59. The third-order valence-corrected chi connectivity index (χ3v) is 3.18. The Labute approximate surface area is 98.7 Å². The monoisotopic (exact) mass is 228 g/mol. The fourth-order valence-electron chi connectivity index (χ4n) is 2.31. The lowest BCUT2D eigenvalue weighted by molar-refractivity contribution is -0.141. The van der Waals surface area contributed by atoms with E-state index in [1.54, 1.807) is 0 Å². The molecule has 1 aromatic carbocycles. The van der Waals surface area contributed by atoms with Gasteiger partial charge in [-0.1, -0.05) is 18.2 Å². The molecule has 0 aromatic heterocycles. The van der Waals surface area contributed by atoms with Crippen LogP contribution >= 0.6 is 0 Å². The van der Waals surface area contributed by atoms with Gasteiger partial charge in [0.15, 0.2) is 0 Å². The fourth-order valence-corrected chi connectivity index (χ4v) is 2.31. The molecule has 0 spiro atoms. The Morgan fingerprint density at radius 2 is 2.24 bits per heavy atom. The fraction of sp³-hybridized carbons (Fsp3) is 0.231. The van der Waals surface area contributed by atoms with E-state index in [1.165, 1.54) is 0 Å². The number of carboxylic acids is 1. The van der Waals surface area contributed by atoms with Gasteiger partial charge in [0.25, 0.3) is 0 Å². The Morgan fingerprint density at radius 3 is 3.06 bits per heavy atom. The van der Waals surface area contributed by atoms with Crippen LogP contribution in [0, 0.1) is 5.92 Å². The largest absolute Gasteiger partial charge is 0.481 e. The summed E-state index contributed by atoms with van der Waals surface area (Å²) in [7, 11) is 0. The van der Waals surface area contributed by atoms with Crippen LogP contribution < -0.4 is 5.32 Å². The van der Waals surface area contributed by atoms with Gasteiger partial charge in [-0.15, -0.1) is 0 Å². The lowest BCUT2D eigenvalue weighted by atomic mass is 9.86. The van der Waals surface area contributed by atoms with Crippen molar-refractivity contribution in [1.29, 1.82) is 0 Å². The summed E-state index contributed by atoms with van der Waals surface area (Å²) in [6.07, 6.45) is 4.34. The topological polar surface area (TPSA) is 61.7 Å². The van der Waals surface area contributed by atoms with Crippen molar-refractivity contribution in [2.75, 3.05) is 5.32 Å². The summed E-state index contributed by atoms with van der Waals surface area (Å²) < 4.78 is 0. The number of carbonyl (C=O) groups is 1. The summed E-state index contributed by atoms with van der Waals surface area (Å²) in [5.41, 5.74) is 2.58. The molecule has 0 saturated carbocycles. The molecule has 0 fully saturated rings. The average molecular weight is 228 g/mol. The van der Waals surface area contributed by atoms with Gasteiger partial charge >= 0.3 is 5.97 Å². The van der Waals surface area contributed by atoms with E-state index in [0.29, 0.717) is 6.42 Å². The van der Waals surface area contributed by atoms with E-state index in [-0.39, 0.29) is 6.04 Å².